The Bertz CT molecular complexity index is 616. The van der Waals surface area contributed by atoms with Crippen LogP contribution in [0.15, 0.2) is 36.4 Å². The van der Waals surface area contributed by atoms with Gasteiger partial charge in [-0.15, -0.1) is 0 Å². The molecule has 2 rings (SSSR count). The van der Waals surface area contributed by atoms with Gasteiger partial charge in [-0.05, 0) is 42.2 Å². The third kappa shape index (κ3) is 2.32. The summed E-state index contributed by atoms with van der Waals surface area (Å²) in [4.78, 5) is 11.8. The second kappa shape index (κ2) is 5.14. The van der Waals surface area contributed by atoms with Crippen LogP contribution in [0.5, 0.6) is 5.75 Å². The van der Waals surface area contributed by atoms with Crippen LogP contribution in [-0.4, -0.2) is 18.2 Å². The molecule has 19 heavy (non-hydrogen) atoms. The van der Waals surface area contributed by atoms with Gasteiger partial charge in [0.2, 0.25) is 0 Å². The van der Waals surface area contributed by atoms with Crippen molar-refractivity contribution in [1.82, 2.24) is 0 Å². The highest BCUT2D eigenvalue weighted by Crippen LogP contribution is 2.34. The number of aryl methyl sites for hydroxylation is 1. The number of rotatable bonds is 2. The van der Waals surface area contributed by atoms with E-state index in [9.17, 15) is 9.90 Å². The van der Waals surface area contributed by atoms with E-state index in [-0.39, 0.29) is 11.3 Å². The second-order valence-electron chi connectivity index (χ2n) is 4.45. The van der Waals surface area contributed by atoms with Crippen molar-refractivity contribution in [3.05, 3.63) is 53.1 Å². The fourth-order valence-electron chi connectivity index (χ4n) is 2.37. The van der Waals surface area contributed by atoms with E-state index < -0.39 is 5.97 Å². The molecule has 0 atom stereocenters. The van der Waals surface area contributed by atoms with Gasteiger partial charge in [0, 0.05) is 0 Å². The summed E-state index contributed by atoms with van der Waals surface area (Å²) in [7, 11) is 1.31. The molecule has 1 N–H and O–H groups in total. The number of benzene rings is 2. The molecular weight excluding hydrogens is 240 g/mol. The monoisotopic (exact) mass is 256 g/mol. The van der Waals surface area contributed by atoms with Crippen molar-refractivity contribution in [3.63, 3.8) is 0 Å². The highest BCUT2D eigenvalue weighted by Gasteiger charge is 2.20. The SMILES string of the molecule is COC(=O)c1c(O)cc(C)c(-c2ccccc2)c1C. The van der Waals surface area contributed by atoms with Crippen molar-refractivity contribution in [2.75, 3.05) is 7.11 Å². The van der Waals surface area contributed by atoms with Gasteiger partial charge in [-0.3, -0.25) is 0 Å². The van der Waals surface area contributed by atoms with Gasteiger partial charge in [0.05, 0.1) is 7.11 Å². The molecule has 0 amide bonds. The summed E-state index contributed by atoms with van der Waals surface area (Å²) >= 11 is 0. The van der Waals surface area contributed by atoms with Crippen molar-refractivity contribution < 1.29 is 14.6 Å². The van der Waals surface area contributed by atoms with Crippen molar-refractivity contribution in [2.24, 2.45) is 0 Å². The molecule has 0 aromatic heterocycles. The summed E-state index contributed by atoms with van der Waals surface area (Å²) in [5.41, 5.74) is 3.86. The molecule has 98 valence electrons. The van der Waals surface area contributed by atoms with Crippen LogP contribution < -0.4 is 0 Å². The van der Waals surface area contributed by atoms with Crippen LogP contribution in [-0.2, 0) is 4.74 Å². The van der Waals surface area contributed by atoms with Crippen LogP contribution >= 0.6 is 0 Å². The van der Waals surface area contributed by atoms with E-state index >= 15 is 0 Å². The van der Waals surface area contributed by atoms with Gasteiger partial charge in [0.25, 0.3) is 0 Å². The fraction of sp³-hybridized carbons (Fsp3) is 0.188. The molecule has 3 nitrogen and oxygen atoms in total. The Morgan fingerprint density at radius 1 is 1.16 bits per heavy atom. The van der Waals surface area contributed by atoms with Crippen molar-refractivity contribution in [1.29, 1.82) is 0 Å². The summed E-state index contributed by atoms with van der Waals surface area (Å²) in [5, 5.41) is 9.94. The Balaban J connectivity index is 2.72. The highest BCUT2D eigenvalue weighted by atomic mass is 16.5. The largest absolute Gasteiger partial charge is 0.507 e. The number of hydrogen-bond donors (Lipinski definition) is 1. The molecule has 0 heterocycles. The average molecular weight is 256 g/mol. The van der Waals surface area contributed by atoms with E-state index in [1.54, 1.807) is 6.07 Å². The Morgan fingerprint density at radius 3 is 2.37 bits per heavy atom. The number of aromatic hydroxyl groups is 1. The molecule has 0 spiro atoms. The smallest absolute Gasteiger partial charge is 0.341 e. The molecule has 0 aliphatic rings. The Labute approximate surface area is 112 Å². The molecular formula is C16H16O3. The lowest BCUT2D eigenvalue weighted by Gasteiger charge is -2.15. The maximum atomic E-state index is 11.8. The standard InChI is InChI=1S/C16H16O3/c1-10-9-13(17)15(16(18)19-3)11(2)14(10)12-7-5-4-6-8-12/h4-9,17H,1-3H3. The number of methoxy groups -OCH3 is 1. The zero-order chi connectivity index (χ0) is 14.0. The molecule has 0 bridgehead atoms. The number of phenolic OH excluding ortho intramolecular Hbond substituents is 1. The van der Waals surface area contributed by atoms with Crippen LogP contribution in [0.3, 0.4) is 0 Å². The zero-order valence-electron chi connectivity index (χ0n) is 11.2. The molecule has 0 saturated carbocycles. The number of carbonyl (C=O) groups is 1. The number of hydrogen-bond acceptors (Lipinski definition) is 3. The second-order valence-corrected chi connectivity index (χ2v) is 4.45. The molecule has 0 unspecified atom stereocenters. The molecule has 0 fully saturated rings. The van der Waals surface area contributed by atoms with Gasteiger partial charge < -0.3 is 9.84 Å². The lowest BCUT2D eigenvalue weighted by atomic mass is 9.91. The van der Waals surface area contributed by atoms with Crippen molar-refractivity contribution in [2.45, 2.75) is 13.8 Å². The van der Waals surface area contributed by atoms with Crippen molar-refractivity contribution in [3.8, 4) is 16.9 Å². The average Bonchev–Trinajstić information content (AvgIpc) is 2.39. The minimum absolute atomic E-state index is 0.0402. The first-order chi connectivity index (χ1) is 9.06. The first kappa shape index (κ1) is 13.1. The van der Waals surface area contributed by atoms with Crippen LogP contribution in [0.25, 0.3) is 11.1 Å². The summed E-state index contributed by atoms with van der Waals surface area (Å²) in [6, 6.07) is 11.4. The molecule has 0 radical (unpaired) electrons. The zero-order valence-corrected chi connectivity index (χ0v) is 11.2. The lowest BCUT2D eigenvalue weighted by Crippen LogP contribution is -2.06. The van der Waals surface area contributed by atoms with Crippen LogP contribution in [0.1, 0.15) is 21.5 Å². The normalized spacial score (nSPS) is 10.3. The van der Waals surface area contributed by atoms with Gasteiger partial charge >= 0.3 is 5.97 Å². The first-order valence-electron chi connectivity index (χ1n) is 6.03. The minimum atomic E-state index is -0.521. The molecule has 2 aromatic carbocycles. The third-order valence-electron chi connectivity index (χ3n) is 3.21. The molecule has 0 aliphatic carbocycles. The third-order valence-corrected chi connectivity index (χ3v) is 3.21. The molecule has 0 aliphatic heterocycles. The number of ether oxygens (including phenoxy) is 1. The Kier molecular flexibility index (Phi) is 3.56. The van der Waals surface area contributed by atoms with E-state index in [4.69, 9.17) is 4.74 Å². The summed E-state index contributed by atoms with van der Waals surface area (Å²) in [6.45, 7) is 3.73. The predicted molar refractivity (Wildman–Crippen MR) is 74.4 cm³/mol. The Morgan fingerprint density at radius 2 is 1.79 bits per heavy atom. The highest BCUT2D eigenvalue weighted by molar-refractivity contribution is 5.97. The quantitative estimate of drug-likeness (QED) is 0.837. The van der Waals surface area contributed by atoms with E-state index in [0.29, 0.717) is 0 Å². The number of carbonyl (C=O) groups excluding carboxylic acids is 1. The maximum Gasteiger partial charge on any atom is 0.341 e. The van der Waals surface area contributed by atoms with E-state index in [2.05, 4.69) is 0 Å². The number of esters is 1. The molecule has 3 heteroatoms. The topological polar surface area (TPSA) is 46.5 Å². The molecule has 0 saturated heterocycles. The van der Waals surface area contributed by atoms with Crippen molar-refractivity contribution >= 4 is 5.97 Å². The van der Waals surface area contributed by atoms with E-state index in [1.807, 2.05) is 44.2 Å². The summed E-state index contributed by atoms with van der Waals surface area (Å²) in [6.07, 6.45) is 0. The minimum Gasteiger partial charge on any atom is -0.507 e. The van der Waals surface area contributed by atoms with Gasteiger partial charge in [0.1, 0.15) is 11.3 Å². The van der Waals surface area contributed by atoms with E-state index in [1.165, 1.54) is 7.11 Å². The number of phenols is 1. The van der Waals surface area contributed by atoms with Gasteiger partial charge in [-0.2, -0.15) is 0 Å². The predicted octanol–water partition coefficient (Wildman–Crippen LogP) is 3.46. The first-order valence-corrected chi connectivity index (χ1v) is 6.03. The van der Waals surface area contributed by atoms with Gasteiger partial charge in [0.15, 0.2) is 0 Å². The van der Waals surface area contributed by atoms with Crippen LogP contribution in [0.2, 0.25) is 0 Å². The maximum absolute atomic E-state index is 11.8. The van der Waals surface area contributed by atoms with E-state index in [0.717, 1.165) is 22.3 Å². The van der Waals surface area contributed by atoms with Gasteiger partial charge in [-0.25, -0.2) is 4.79 Å². The van der Waals surface area contributed by atoms with Crippen LogP contribution in [0, 0.1) is 13.8 Å². The fourth-order valence-corrected chi connectivity index (χ4v) is 2.37. The van der Waals surface area contributed by atoms with Crippen LogP contribution in [0.4, 0.5) is 0 Å². The lowest BCUT2D eigenvalue weighted by molar-refractivity contribution is 0.0596. The summed E-state index contributed by atoms with van der Waals surface area (Å²) < 4.78 is 4.73. The summed E-state index contributed by atoms with van der Waals surface area (Å²) in [5.74, 6) is -0.561. The molecule has 2 aromatic rings. The Hall–Kier alpha value is -2.29. The van der Waals surface area contributed by atoms with Gasteiger partial charge in [-0.1, -0.05) is 30.3 Å².